The first-order valence-electron chi connectivity index (χ1n) is 11.1. The van der Waals surface area contributed by atoms with Gasteiger partial charge in [0, 0.05) is 37.6 Å². The monoisotopic (exact) mass is 466 g/mol. The molecule has 4 amide bonds. The molecule has 0 unspecified atom stereocenters. The lowest BCUT2D eigenvalue weighted by Crippen LogP contribution is -2.63. The third-order valence-electron chi connectivity index (χ3n) is 5.98. The fraction of sp³-hybridized carbons (Fsp3) is 0.391. The van der Waals surface area contributed by atoms with Gasteiger partial charge >= 0.3 is 0 Å². The molecule has 2 fully saturated rings. The smallest absolute Gasteiger partial charge is 0.257 e. The molecule has 2 atom stereocenters. The Hall–Kier alpha value is -4.02. The van der Waals surface area contributed by atoms with E-state index < -0.39 is 23.9 Å². The van der Waals surface area contributed by atoms with Crippen LogP contribution in [-0.4, -0.2) is 88.8 Å². The molecule has 1 aromatic carbocycles. The van der Waals surface area contributed by atoms with E-state index in [-0.39, 0.29) is 37.0 Å². The molecular formula is C23H26N6O5. The number of hydrogen-bond donors (Lipinski definition) is 2. The molecule has 11 heteroatoms. The van der Waals surface area contributed by atoms with Crippen molar-refractivity contribution in [2.45, 2.75) is 24.9 Å². The molecule has 2 aliphatic heterocycles. The molecule has 0 saturated carbocycles. The van der Waals surface area contributed by atoms with E-state index in [9.17, 15) is 19.2 Å². The van der Waals surface area contributed by atoms with E-state index in [1.54, 1.807) is 31.4 Å². The van der Waals surface area contributed by atoms with E-state index in [2.05, 4.69) is 20.6 Å². The second-order valence-corrected chi connectivity index (χ2v) is 8.12. The molecule has 2 N–H and O–H groups in total. The number of rotatable bonds is 5. The summed E-state index contributed by atoms with van der Waals surface area (Å²) in [6.45, 7) is 0.949. The van der Waals surface area contributed by atoms with E-state index in [1.807, 2.05) is 0 Å². The van der Waals surface area contributed by atoms with Crippen molar-refractivity contribution in [3.63, 3.8) is 0 Å². The summed E-state index contributed by atoms with van der Waals surface area (Å²) in [5.74, 6) is -0.785. The molecule has 178 valence electrons. The van der Waals surface area contributed by atoms with Gasteiger partial charge in [0.15, 0.2) is 0 Å². The van der Waals surface area contributed by atoms with Crippen LogP contribution < -0.4 is 15.4 Å². The van der Waals surface area contributed by atoms with Crippen LogP contribution in [0.2, 0.25) is 0 Å². The fourth-order valence-corrected chi connectivity index (χ4v) is 4.10. The average molecular weight is 466 g/mol. The number of piperidine rings is 1. The highest BCUT2D eigenvalue weighted by molar-refractivity contribution is 5.99. The van der Waals surface area contributed by atoms with Crippen LogP contribution in [-0.2, 0) is 9.59 Å². The highest BCUT2D eigenvalue weighted by Crippen LogP contribution is 2.19. The Morgan fingerprint density at radius 2 is 1.79 bits per heavy atom. The van der Waals surface area contributed by atoms with Crippen LogP contribution in [0.4, 0.5) is 0 Å². The number of carbonyl (C=O) groups is 4. The zero-order valence-corrected chi connectivity index (χ0v) is 18.8. The quantitative estimate of drug-likeness (QED) is 0.626. The fourth-order valence-electron chi connectivity index (χ4n) is 4.10. The Balaban J connectivity index is 1.55. The first kappa shape index (κ1) is 23.1. The molecule has 0 spiro atoms. The Bertz CT molecular complexity index is 1060. The van der Waals surface area contributed by atoms with Crippen molar-refractivity contribution in [2.75, 3.05) is 33.3 Å². The van der Waals surface area contributed by atoms with Gasteiger partial charge in [-0.25, -0.2) is 9.97 Å². The summed E-state index contributed by atoms with van der Waals surface area (Å²) in [5, 5.41) is 5.49. The summed E-state index contributed by atoms with van der Waals surface area (Å²) in [6.07, 6.45) is 5.34. The van der Waals surface area contributed by atoms with Crippen molar-refractivity contribution in [1.29, 1.82) is 0 Å². The largest absolute Gasteiger partial charge is 0.497 e. The van der Waals surface area contributed by atoms with Crippen LogP contribution in [0.5, 0.6) is 5.75 Å². The Labute approximate surface area is 196 Å². The summed E-state index contributed by atoms with van der Waals surface area (Å²) in [4.78, 5) is 62.4. The van der Waals surface area contributed by atoms with Crippen LogP contribution in [0, 0.1) is 0 Å². The molecule has 11 nitrogen and oxygen atoms in total. The number of aromatic nitrogens is 2. The predicted molar refractivity (Wildman–Crippen MR) is 120 cm³/mol. The third-order valence-corrected chi connectivity index (χ3v) is 5.98. The van der Waals surface area contributed by atoms with E-state index in [0.717, 1.165) is 6.42 Å². The SMILES string of the molecule is COc1ccc(C(=O)N2CCN(C(=O)c3cncnc3)[C@@H](C(=O)N[C@H]3CCCNC3=O)C2)cc1. The highest BCUT2D eigenvalue weighted by atomic mass is 16.5. The van der Waals surface area contributed by atoms with Gasteiger partial charge in [0.25, 0.3) is 11.8 Å². The maximum atomic E-state index is 13.3. The number of amides is 4. The minimum atomic E-state index is -0.974. The Morgan fingerprint density at radius 1 is 1.06 bits per heavy atom. The van der Waals surface area contributed by atoms with Gasteiger partial charge in [0.05, 0.1) is 19.2 Å². The van der Waals surface area contributed by atoms with Crippen LogP contribution >= 0.6 is 0 Å². The van der Waals surface area contributed by atoms with E-state index in [0.29, 0.717) is 24.3 Å². The third kappa shape index (κ3) is 4.98. The zero-order chi connectivity index (χ0) is 24.1. The van der Waals surface area contributed by atoms with Gasteiger partial charge in [-0.3, -0.25) is 19.2 Å². The minimum Gasteiger partial charge on any atom is -0.497 e. The number of nitrogens with zero attached hydrogens (tertiary/aromatic N) is 4. The van der Waals surface area contributed by atoms with Crippen molar-refractivity contribution >= 4 is 23.6 Å². The standard InChI is InChI=1S/C23H26N6O5/c1-34-17-6-4-15(5-7-17)22(32)28-9-10-29(23(33)16-11-24-14-25-12-16)19(13-28)21(31)27-18-3-2-8-26-20(18)30/h4-7,11-12,14,18-19H,2-3,8-10,13H2,1H3,(H,26,30)(H,27,31)/t18-,19+/m0/s1. The van der Waals surface area contributed by atoms with Crippen LogP contribution in [0.1, 0.15) is 33.6 Å². The molecule has 2 aromatic rings. The first-order valence-corrected chi connectivity index (χ1v) is 11.1. The van der Waals surface area contributed by atoms with Crippen molar-refractivity contribution in [3.8, 4) is 5.75 Å². The zero-order valence-electron chi connectivity index (χ0n) is 18.8. The summed E-state index contributed by atoms with van der Waals surface area (Å²) in [7, 11) is 1.54. The van der Waals surface area contributed by atoms with Crippen LogP contribution in [0.25, 0.3) is 0 Å². The van der Waals surface area contributed by atoms with Gasteiger partial charge in [-0.1, -0.05) is 0 Å². The van der Waals surface area contributed by atoms with Gasteiger partial charge in [0.2, 0.25) is 11.8 Å². The Kier molecular flexibility index (Phi) is 7.00. The van der Waals surface area contributed by atoms with Crippen molar-refractivity contribution in [1.82, 2.24) is 30.4 Å². The van der Waals surface area contributed by atoms with Crippen molar-refractivity contribution in [2.24, 2.45) is 0 Å². The van der Waals surface area contributed by atoms with Gasteiger partial charge in [-0.05, 0) is 37.1 Å². The molecule has 4 rings (SSSR count). The van der Waals surface area contributed by atoms with Gasteiger partial charge in [-0.2, -0.15) is 0 Å². The molecule has 0 bridgehead atoms. The highest BCUT2D eigenvalue weighted by Gasteiger charge is 2.39. The number of carbonyl (C=O) groups excluding carboxylic acids is 4. The second kappa shape index (κ2) is 10.3. The second-order valence-electron chi connectivity index (χ2n) is 8.12. The molecule has 2 aliphatic rings. The summed E-state index contributed by atoms with van der Waals surface area (Å²) >= 11 is 0. The topological polar surface area (TPSA) is 134 Å². The number of hydrogen-bond acceptors (Lipinski definition) is 7. The van der Waals surface area contributed by atoms with Crippen molar-refractivity contribution in [3.05, 3.63) is 54.1 Å². The van der Waals surface area contributed by atoms with E-state index in [1.165, 1.54) is 28.5 Å². The van der Waals surface area contributed by atoms with Gasteiger partial charge in [0.1, 0.15) is 24.2 Å². The number of piperazine rings is 1. The van der Waals surface area contributed by atoms with Crippen molar-refractivity contribution < 1.29 is 23.9 Å². The number of benzene rings is 1. The summed E-state index contributed by atoms with van der Waals surface area (Å²) in [5.41, 5.74) is 0.688. The molecule has 34 heavy (non-hydrogen) atoms. The summed E-state index contributed by atoms with van der Waals surface area (Å²) < 4.78 is 5.14. The van der Waals surface area contributed by atoms with Crippen LogP contribution in [0.15, 0.2) is 43.0 Å². The van der Waals surface area contributed by atoms with Gasteiger partial charge in [-0.15, -0.1) is 0 Å². The van der Waals surface area contributed by atoms with E-state index >= 15 is 0 Å². The van der Waals surface area contributed by atoms with Crippen LogP contribution in [0.3, 0.4) is 0 Å². The number of methoxy groups -OCH3 is 1. The molecule has 2 saturated heterocycles. The number of ether oxygens (including phenoxy) is 1. The minimum absolute atomic E-state index is 0.00946. The lowest BCUT2D eigenvalue weighted by atomic mass is 10.0. The van der Waals surface area contributed by atoms with Gasteiger partial charge < -0.3 is 25.2 Å². The molecule has 0 aliphatic carbocycles. The molecule has 0 radical (unpaired) electrons. The maximum Gasteiger partial charge on any atom is 0.257 e. The lowest BCUT2D eigenvalue weighted by molar-refractivity contribution is -0.133. The number of nitrogens with one attached hydrogen (secondary N) is 2. The molecule has 1 aromatic heterocycles. The van der Waals surface area contributed by atoms with E-state index in [4.69, 9.17) is 4.74 Å². The molecular weight excluding hydrogens is 440 g/mol. The maximum absolute atomic E-state index is 13.3. The average Bonchev–Trinajstić information content (AvgIpc) is 2.89. The predicted octanol–water partition coefficient (Wildman–Crippen LogP) is -0.153. The molecule has 3 heterocycles. The first-order chi connectivity index (χ1) is 16.5. The summed E-state index contributed by atoms with van der Waals surface area (Å²) in [6, 6.07) is 5.04. The Morgan fingerprint density at radius 3 is 2.47 bits per heavy atom. The lowest BCUT2D eigenvalue weighted by Gasteiger charge is -2.41. The normalized spacial score (nSPS) is 20.3.